The van der Waals surface area contributed by atoms with Crippen molar-refractivity contribution in [1.29, 1.82) is 0 Å². The van der Waals surface area contributed by atoms with Crippen molar-refractivity contribution in [1.82, 2.24) is 4.98 Å². The zero-order valence-electron chi connectivity index (χ0n) is 9.82. The van der Waals surface area contributed by atoms with Crippen LogP contribution in [-0.4, -0.2) is 37.9 Å². The Morgan fingerprint density at radius 2 is 2.26 bits per heavy atom. The van der Waals surface area contributed by atoms with Crippen LogP contribution in [0.2, 0.25) is 0 Å². The van der Waals surface area contributed by atoms with Gasteiger partial charge in [-0.15, -0.1) is 0 Å². The number of nitrogens with zero attached hydrogens (tertiary/aromatic N) is 2. The van der Waals surface area contributed by atoms with Crippen LogP contribution in [0.1, 0.15) is 16.8 Å². The Labute approximate surface area is 114 Å². The van der Waals surface area contributed by atoms with E-state index in [9.17, 15) is 18.0 Å². The van der Waals surface area contributed by atoms with Gasteiger partial charge >= 0.3 is 0 Å². The van der Waals surface area contributed by atoms with Crippen molar-refractivity contribution < 1.29 is 18.0 Å². The number of hydrogen-bond donors (Lipinski definition) is 0. The fourth-order valence-corrected chi connectivity index (χ4v) is 3.46. The van der Waals surface area contributed by atoms with E-state index in [2.05, 4.69) is 4.98 Å². The van der Waals surface area contributed by atoms with Gasteiger partial charge in [-0.2, -0.15) is 0 Å². The summed E-state index contributed by atoms with van der Waals surface area (Å²) < 4.78 is 22.1. The third-order valence-electron chi connectivity index (χ3n) is 2.89. The normalized spacial score (nSPS) is 19.7. The SMILES string of the molecule is O=Cc1cnccc1N1CC(CS(=O)(=O)Cl)CC1=O. The van der Waals surface area contributed by atoms with Crippen LogP contribution in [0.3, 0.4) is 0 Å². The Morgan fingerprint density at radius 3 is 2.89 bits per heavy atom. The lowest BCUT2D eigenvalue weighted by molar-refractivity contribution is -0.117. The number of rotatable bonds is 4. The number of anilines is 1. The van der Waals surface area contributed by atoms with Gasteiger partial charge in [0.25, 0.3) is 0 Å². The van der Waals surface area contributed by atoms with Crippen LogP contribution in [0.15, 0.2) is 18.5 Å². The molecule has 1 unspecified atom stereocenters. The Morgan fingerprint density at radius 1 is 1.53 bits per heavy atom. The molecule has 0 bridgehead atoms. The zero-order valence-corrected chi connectivity index (χ0v) is 11.4. The fraction of sp³-hybridized carbons (Fsp3) is 0.364. The monoisotopic (exact) mass is 302 g/mol. The Hall–Kier alpha value is -1.47. The number of amides is 1. The molecular formula is C11H11ClN2O4S. The second-order valence-corrected chi connectivity index (χ2v) is 7.15. The number of carbonyl (C=O) groups excluding carboxylic acids is 2. The number of hydrogen-bond acceptors (Lipinski definition) is 5. The molecule has 2 heterocycles. The van der Waals surface area contributed by atoms with E-state index in [1.54, 1.807) is 6.07 Å². The van der Waals surface area contributed by atoms with Crippen LogP contribution >= 0.6 is 10.7 Å². The summed E-state index contributed by atoms with van der Waals surface area (Å²) in [7, 11) is 1.55. The minimum Gasteiger partial charge on any atom is -0.311 e. The van der Waals surface area contributed by atoms with Crippen LogP contribution in [-0.2, 0) is 13.8 Å². The van der Waals surface area contributed by atoms with E-state index in [0.717, 1.165) is 0 Å². The molecule has 102 valence electrons. The highest BCUT2D eigenvalue weighted by molar-refractivity contribution is 8.13. The summed E-state index contributed by atoms with van der Waals surface area (Å²) in [6.07, 6.45) is 3.55. The number of halogens is 1. The molecule has 1 aliphatic heterocycles. The molecule has 1 amide bonds. The van der Waals surface area contributed by atoms with E-state index in [0.29, 0.717) is 17.5 Å². The lowest BCUT2D eigenvalue weighted by Gasteiger charge is -2.17. The van der Waals surface area contributed by atoms with Crippen LogP contribution in [0.4, 0.5) is 5.69 Å². The van der Waals surface area contributed by atoms with Gasteiger partial charge in [0.2, 0.25) is 15.0 Å². The summed E-state index contributed by atoms with van der Waals surface area (Å²) in [6, 6.07) is 1.55. The maximum Gasteiger partial charge on any atom is 0.232 e. The van der Waals surface area contributed by atoms with Crippen molar-refractivity contribution in [2.75, 3.05) is 17.2 Å². The van der Waals surface area contributed by atoms with E-state index in [1.165, 1.54) is 17.3 Å². The largest absolute Gasteiger partial charge is 0.311 e. The van der Waals surface area contributed by atoms with Gasteiger partial charge in [0.05, 0.1) is 17.0 Å². The third-order valence-corrected chi connectivity index (χ3v) is 4.13. The molecule has 0 aromatic carbocycles. The van der Waals surface area contributed by atoms with Crippen molar-refractivity contribution in [2.24, 2.45) is 5.92 Å². The molecule has 1 aromatic rings. The van der Waals surface area contributed by atoms with Crippen molar-refractivity contribution in [3.63, 3.8) is 0 Å². The Kier molecular flexibility index (Phi) is 3.86. The van der Waals surface area contributed by atoms with Gasteiger partial charge in [0.1, 0.15) is 0 Å². The van der Waals surface area contributed by atoms with Crippen molar-refractivity contribution in [3.05, 3.63) is 24.0 Å². The minimum atomic E-state index is -3.64. The first-order valence-corrected chi connectivity index (χ1v) is 8.00. The van der Waals surface area contributed by atoms with E-state index < -0.39 is 9.05 Å². The highest BCUT2D eigenvalue weighted by Gasteiger charge is 2.34. The maximum absolute atomic E-state index is 11.9. The summed E-state index contributed by atoms with van der Waals surface area (Å²) in [5, 5.41) is 0. The summed E-state index contributed by atoms with van der Waals surface area (Å²) >= 11 is 0. The van der Waals surface area contributed by atoms with Crippen LogP contribution < -0.4 is 4.90 Å². The summed E-state index contributed by atoms with van der Waals surface area (Å²) in [5.41, 5.74) is 0.745. The molecule has 1 aliphatic rings. The van der Waals surface area contributed by atoms with Crippen LogP contribution in [0.5, 0.6) is 0 Å². The fourth-order valence-electron chi connectivity index (χ4n) is 2.14. The summed E-state index contributed by atoms with van der Waals surface area (Å²) in [4.78, 5) is 28.0. The molecular weight excluding hydrogens is 292 g/mol. The predicted octanol–water partition coefficient (Wildman–Crippen LogP) is 0.816. The minimum absolute atomic E-state index is 0.104. The lowest BCUT2D eigenvalue weighted by atomic mass is 10.1. The summed E-state index contributed by atoms with van der Waals surface area (Å²) in [6.45, 7) is 0.232. The van der Waals surface area contributed by atoms with Crippen molar-refractivity contribution in [2.45, 2.75) is 6.42 Å². The average molecular weight is 303 g/mol. The van der Waals surface area contributed by atoms with E-state index >= 15 is 0 Å². The van der Waals surface area contributed by atoms with Gasteiger partial charge < -0.3 is 4.90 Å². The second kappa shape index (κ2) is 5.26. The number of carbonyl (C=O) groups is 2. The molecule has 0 N–H and O–H groups in total. The van der Waals surface area contributed by atoms with Gasteiger partial charge in [-0.25, -0.2) is 8.42 Å². The van der Waals surface area contributed by atoms with E-state index in [-0.39, 0.29) is 30.5 Å². The van der Waals surface area contributed by atoms with Crippen molar-refractivity contribution >= 4 is 37.6 Å². The number of aromatic nitrogens is 1. The molecule has 0 saturated carbocycles. The molecule has 1 atom stereocenters. The van der Waals surface area contributed by atoms with Gasteiger partial charge in [-0.05, 0) is 6.07 Å². The molecule has 19 heavy (non-hydrogen) atoms. The lowest BCUT2D eigenvalue weighted by Crippen LogP contribution is -2.26. The maximum atomic E-state index is 11.9. The molecule has 0 radical (unpaired) electrons. The van der Waals surface area contributed by atoms with E-state index in [4.69, 9.17) is 10.7 Å². The predicted molar refractivity (Wildman–Crippen MR) is 69.7 cm³/mol. The molecule has 1 saturated heterocycles. The smallest absolute Gasteiger partial charge is 0.232 e. The second-order valence-electron chi connectivity index (χ2n) is 4.33. The van der Waals surface area contributed by atoms with Crippen LogP contribution in [0, 0.1) is 5.92 Å². The molecule has 1 aromatic heterocycles. The van der Waals surface area contributed by atoms with Gasteiger partial charge in [-0.1, -0.05) is 0 Å². The standard InChI is InChI=1S/C11H11ClN2O4S/c12-19(17,18)7-8-3-11(16)14(5-8)10-1-2-13-4-9(10)6-15/h1-2,4,6,8H,3,5,7H2. The molecule has 2 rings (SSSR count). The first-order valence-electron chi connectivity index (χ1n) is 5.52. The van der Waals surface area contributed by atoms with Gasteiger partial charge in [0.15, 0.2) is 6.29 Å². The van der Waals surface area contributed by atoms with Crippen molar-refractivity contribution in [3.8, 4) is 0 Å². The van der Waals surface area contributed by atoms with Crippen LogP contribution in [0.25, 0.3) is 0 Å². The Balaban J connectivity index is 2.23. The number of pyridine rings is 1. The van der Waals surface area contributed by atoms with E-state index in [1.807, 2.05) is 0 Å². The number of aldehydes is 1. The average Bonchev–Trinajstić information content (AvgIpc) is 2.67. The quantitative estimate of drug-likeness (QED) is 0.607. The Bertz CT molecular complexity index is 617. The zero-order chi connectivity index (χ0) is 14.0. The third kappa shape index (κ3) is 3.30. The molecule has 0 spiro atoms. The van der Waals surface area contributed by atoms with Gasteiger partial charge in [-0.3, -0.25) is 14.6 Å². The highest BCUT2D eigenvalue weighted by atomic mass is 35.7. The molecule has 1 fully saturated rings. The molecule has 0 aliphatic carbocycles. The van der Waals surface area contributed by atoms with Gasteiger partial charge in [0, 0.05) is 42.0 Å². The topological polar surface area (TPSA) is 84.4 Å². The molecule has 8 heteroatoms. The summed E-state index contributed by atoms with van der Waals surface area (Å²) in [5.74, 6) is -0.833. The molecule has 6 nitrogen and oxygen atoms in total. The highest BCUT2D eigenvalue weighted by Crippen LogP contribution is 2.28. The first-order chi connectivity index (χ1) is 8.90. The first kappa shape index (κ1) is 14.0.